The van der Waals surface area contributed by atoms with Crippen LogP contribution in [0.4, 0.5) is 0 Å². The van der Waals surface area contributed by atoms with Crippen LogP contribution in [0.1, 0.15) is 44.1 Å². The molecule has 0 aliphatic carbocycles. The van der Waals surface area contributed by atoms with E-state index in [1.54, 1.807) is 0 Å². The zero-order chi connectivity index (χ0) is 22.3. The Kier molecular flexibility index (Phi) is 8.49. The van der Waals surface area contributed by atoms with E-state index in [1.807, 2.05) is 11.0 Å². The Hall–Kier alpha value is -1.93. The van der Waals surface area contributed by atoms with Crippen molar-refractivity contribution < 1.29 is 18.0 Å². The van der Waals surface area contributed by atoms with Crippen LogP contribution in [0.2, 0.25) is 0 Å². The average molecular weight is 450 g/mol. The van der Waals surface area contributed by atoms with E-state index in [1.165, 1.54) is 16.1 Å². The molecular weight excluding hydrogens is 414 g/mol. The van der Waals surface area contributed by atoms with Gasteiger partial charge in [0.1, 0.15) is 0 Å². The number of amides is 2. The topological polar surface area (TPSA) is 86.8 Å². The zero-order valence-corrected chi connectivity index (χ0v) is 19.3. The number of likely N-dealkylation sites (tertiary alicyclic amines) is 1. The van der Waals surface area contributed by atoms with Crippen LogP contribution in [0.15, 0.2) is 30.3 Å². The number of sulfonamides is 1. The first-order valence-electron chi connectivity index (χ1n) is 11.4. The van der Waals surface area contributed by atoms with Crippen LogP contribution in [0.3, 0.4) is 0 Å². The van der Waals surface area contributed by atoms with Crippen LogP contribution in [-0.2, 0) is 26.0 Å². The minimum atomic E-state index is -3.36. The Morgan fingerprint density at radius 1 is 1.03 bits per heavy atom. The molecule has 1 aromatic carbocycles. The number of carbonyl (C=O) groups is 2. The van der Waals surface area contributed by atoms with Gasteiger partial charge in [0.05, 0.1) is 6.26 Å². The van der Waals surface area contributed by atoms with Gasteiger partial charge in [-0.2, -0.15) is 0 Å². The highest BCUT2D eigenvalue weighted by Crippen LogP contribution is 2.25. The van der Waals surface area contributed by atoms with Crippen molar-refractivity contribution in [1.82, 2.24) is 14.5 Å². The molecule has 0 bridgehead atoms. The minimum Gasteiger partial charge on any atom is -0.356 e. The maximum atomic E-state index is 13.2. The van der Waals surface area contributed by atoms with Crippen LogP contribution in [-0.4, -0.2) is 68.4 Å². The lowest BCUT2D eigenvalue weighted by Crippen LogP contribution is -2.43. The number of carbonyl (C=O) groups excluding carboxylic acids is 2. The van der Waals surface area contributed by atoms with Crippen molar-refractivity contribution in [2.24, 2.45) is 11.8 Å². The zero-order valence-electron chi connectivity index (χ0n) is 18.5. The quantitative estimate of drug-likeness (QED) is 0.762. The fourth-order valence-corrected chi connectivity index (χ4v) is 5.50. The second kappa shape index (κ2) is 11.1. The maximum absolute atomic E-state index is 13.2. The van der Waals surface area contributed by atoms with Crippen LogP contribution in [0, 0.1) is 11.8 Å². The largest absolute Gasteiger partial charge is 0.356 e. The van der Waals surface area contributed by atoms with E-state index in [-0.39, 0.29) is 30.7 Å². The number of rotatable bonds is 4. The number of nitrogens with zero attached hydrogens (tertiary/aromatic N) is 2. The normalized spacial score (nSPS) is 23.1. The SMILES string of the molecule is CS(=O)(=O)N1CCCC(C(=O)N2CCC(Cc3ccccc3)CC2)CCNC(=O)CC1. The molecule has 2 aliphatic rings. The Labute approximate surface area is 186 Å². The average Bonchev–Trinajstić information content (AvgIpc) is 2.78. The lowest BCUT2D eigenvalue weighted by atomic mass is 9.89. The first-order chi connectivity index (χ1) is 14.8. The highest BCUT2D eigenvalue weighted by Gasteiger charge is 2.29. The molecule has 2 heterocycles. The second-order valence-corrected chi connectivity index (χ2v) is 10.8. The fourth-order valence-electron chi connectivity index (χ4n) is 4.61. The van der Waals surface area contributed by atoms with Crippen LogP contribution >= 0.6 is 0 Å². The monoisotopic (exact) mass is 449 g/mol. The molecule has 31 heavy (non-hydrogen) atoms. The smallest absolute Gasteiger partial charge is 0.225 e. The molecule has 2 aliphatic heterocycles. The van der Waals surface area contributed by atoms with Crippen molar-refractivity contribution in [1.29, 1.82) is 0 Å². The Bertz CT molecular complexity index is 836. The van der Waals surface area contributed by atoms with Crippen molar-refractivity contribution >= 4 is 21.8 Å². The van der Waals surface area contributed by atoms with Gasteiger partial charge in [-0.25, -0.2) is 12.7 Å². The summed E-state index contributed by atoms with van der Waals surface area (Å²) in [6, 6.07) is 10.5. The Morgan fingerprint density at radius 2 is 1.74 bits per heavy atom. The predicted molar refractivity (Wildman–Crippen MR) is 121 cm³/mol. The minimum absolute atomic E-state index is 0.151. The maximum Gasteiger partial charge on any atom is 0.225 e. The highest BCUT2D eigenvalue weighted by atomic mass is 32.2. The van der Waals surface area contributed by atoms with E-state index in [2.05, 4.69) is 29.6 Å². The summed E-state index contributed by atoms with van der Waals surface area (Å²) in [5, 5.41) is 2.84. The third kappa shape index (κ3) is 7.31. The number of benzene rings is 1. The van der Waals surface area contributed by atoms with Crippen LogP contribution in [0.5, 0.6) is 0 Å². The molecule has 1 atom stereocenters. The third-order valence-corrected chi connectivity index (χ3v) is 7.78. The molecule has 1 unspecified atom stereocenters. The van der Waals surface area contributed by atoms with Gasteiger partial charge in [0, 0.05) is 45.1 Å². The summed E-state index contributed by atoms with van der Waals surface area (Å²) < 4.78 is 25.3. The van der Waals surface area contributed by atoms with Gasteiger partial charge in [0.2, 0.25) is 21.8 Å². The van der Waals surface area contributed by atoms with Gasteiger partial charge < -0.3 is 10.2 Å². The molecule has 0 spiro atoms. The molecule has 1 N–H and O–H groups in total. The molecule has 8 heteroatoms. The predicted octanol–water partition coefficient (Wildman–Crippen LogP) is 2.04. The van der Waals surface area contributed by atoms with Crippen LogP contribution in [0.25, 0.3) is 0 Å². The summed E-state index contributed by atoms with van der Waals surface area (Å²) in [5.41, 5.74) is 1.35. The van der Waals surface area contributed by atoms with Crippen molar-refractivity contribution in [3.05, 3.63) is 35.9 Å². The molecule has 3 rings (SSSR count). The molecule has 2 amide bonds. The number of hydrogen-bond donors (Lipinski definition) is 1. The van der Waals surface area contributed by atoms with E-state index in [0.717, 1.165) is 32.4 Å². The summed E-state index contributed by atoms with van der Waals surface area (Å²) in [5.74, 6) is 0.410. The van der Waals surface area contributed by atoms with Crippen LogP contribution < -0.4 is 5.32 Å². The number of piperidine rings is 1. The summed E-state index contributed by atoms with van der Waals surface area (Å²) in [7, 11) is -3.36. The molecule has 2 fully saturated rings. The molecule has 1 aromatic rings. The second-order valence-electron chi connectivity index (χ2n) is 8.85. The van der Waals surface area contributed by atoms with Gasteiger partial charge >= 0.3 is 0 Å². The van der Waals surface area contributed by atoms with E-state index in [9.17, 15) is 18.0 Å². The third-order valence-electron chi connectivity index (χ3n) is 6.47. The summed E-state index contributed by atoms with van der Waals surface area (Å²) >= 11 is 0. The van der Waals surface area contributed by atoms with Gasteiger partial charge in [-0.15, -0.1) is 0 Å². The number of nitrogens with one attached hydrogen (secondary N) is 1. The first kappa shape index (κ1) is 23.7. The van der Waals surface area contributed by atoms with E-state index >= 15 is 0 Å². The fraction of sp³-hybridized carbons (Fsp3) is 0.652. The van der Waals surface area contributed by atoms with E-state index in [0.29, 0.717) is 38.3 Å². The van der Waals surface area contributed by atoms with E-state index in [4.69, 9.17) is 0 Å². The molecule has 172 valence electrons. The summed E-state index contributed by atoms with van der Waals surface area (Å²) in [4.78, 5) is 27.2. The van der Waals surface area contributed by atoms with Gasteiger partial charge in [-0.05, 0) is 50.0 Å². The Morgan fingerprint density at radius 3 is 2.42 bits per heavy atom. The first-order valence-corrected chi connectivity index (χ1v) is 13.2. The Balaban J connectivity index is 1.55. The highest BCUT2D eigenvalue weighted by molar-refractivity contribution is 7.88. The molecule has 2 saturated heterocycles. The van der Waals surface area contributed by atoms with Gasteiger partial charge in [0.25, 0.3) is 0 Å². The summed E-state index contributed by atoms with van der Waals surface area (Å²) in [6.07, 6.45) is 6.27. The summed E-state index contributed by atoms with van der Waals surface area (Å²) in [6.45, 7) is 2.55. The lowest BCUT2D eigenvalue weighted by molar-refractivity contribution is -0.137. The molecular formula is C23H35N3O4S. The standard InChI is InChI=1S/C23H35N3O4S/c1-31(29,30)26-14-5-8-21(9-13-24-22(27)12-17-26)23(28)25-15-10-20(11-16-25)18-19-6-3-2-4-7-19/h2-4,6-7,20-21H,5,8-18H2,1H3,(H,24,27). The van der Waals surface area contributed by atoms with Crippen molar-refractivity contribution in [2.75, 3.05) is 39.0 Å². The van der Waals surface area contributed by atoms with Gasteiger partial charge in [0.15, 0.2) is 0 Å². The van der Waals surface area contributed by atoms with E-state index < -0.39 is 10.0 Å². The van der Waals surface area contributed by atoms with Gasteiger partial charge in [-0.3, -0.25) is 9.59 Å². The number of hydrogen-bond acceptors (Lipinski definition) is 4. The molecule has 0 aromatic heterocycles. The van der Waals surface area contributed by atoms with Gasteiger partial charge in [-0.1, -0.05) is 30.3 Å². The van der Waals surface area contributed by atoms with Crippen molar-refractivity contribution in [3.63, 3.8) is 0 Å². The molecule has 7 nitrogen and oxygen atoms in total. The van der Waals surface area contributed by atoms with Crippen molar-refractivity contribution in [2.45, 2.75) is 44.9 Å². The molecule has 0 saturated carbocycles. The lowest BCUT2D eigenvalue weighted by Gasteiger charge is -2.34. The molecule has 0 radical (unpaired) electrons. The van der Waals surface area contributed by atoms with Crippen molar-refractivity contribution in [3.8, 4) is 0 Å².